The monoisotopic (exact) mass is 1910 g/mol. The molecule has 5 aliphatic rings. The summed E-state index contributed by atoms with van der Waals surface area (Å²) in [6.07, 6.45) is 23.7. The molecule has 0 spiro atoms. The normalized spacial score (nSPS) is 12.8. The lowest BCUT2D eigenvalue weighted by atomic mass is 10.00. The lowest BCUT2D eigenvalue weighted by Gasteiger charge is -2.19. The van der Waals surface area contributed by atoms with E-state index in [9.17, 15) is 19.0 Å². The van der Waals surface area contributed by atoms with Gasteiger partial charge in [0.15, 0.2) is 103 Å². The van der Waals surface area contributed by atoms with Crippen molar-refractivity contribution in [2.45, 2.75) is 13.8 Å². The number of ether oxygens (including phenoxy) is 12. The second kappa shape index (κ2) is 39.5. The molecule has 12 aromatic heterocycles. The highest BCUT2D eigenvalue weighted by molar-refractivity contribution is 6.30. The average Bonchev–Trinajstić information content (AvgIpc) is 1.64. The van der Waals surface area contributed by atoms with Gasteiger partial charge in [-0.1, -0.05) is 29.8 Å². The zero-order chi connectivity index (χ0) is 96.0. The zero-order valence-electron chi connectivity index (χ0n) is 75.6. The highest BCUT2D eigenvalue weighted by Crippen LogP contribution is 2.46. The number of aromatic hydroxyl groups is 2. The Bertz CT molecular complexity index is 7900. The first-order valence-electron chi connectivity index (χ1n) is 44.5. The minimum absolute atomic E-state index is 0.0643. The van der Waals surface area contributed by atoms with Crippen LogP contribution in [0.25, 0.3) is 84.8 Å². The Balaban J connectivity index is 0.000000105. The molecule has 0 bridgehead atoms. The Hall–Kier alpha value is -18.4. The van der Waals surface area contributed by atoms with E-state index in [-0.39, 0.29) is 17.2 Å². The van der Waals surface area contributed by atoms with Crippen LogP contribution in [0.5, 0.6) is 80.5 Å². The van der Waals surface area contributed by atoms with E-state index in [2.05, 4.69) is 98.5 Å². The van der Waals surface area contributed by atoms with Gasteiger partial charge in [0.25, 0.3) is 0 Å². The molecule has 17 heterocycles. The maximum absolute atomic E-state index is 14.4. The van der Waals surface area contributed by atoms with E-state index < -0.39 is 11.8 Å². The zero-order valence-corrected chi connectivity index (χ0v) is 76.4. The number of benzene rings is 8. The molecule has 7 N–H and O–H groups in total. The molecular weight excluding hydrogens is 1830 g/mol. The van der Waals surface area contributed by atoms with Crippen LogP contribution in [0.15, 0.2) is 275 Å². The molecule has 0 radical (unpaired) electrons. The third kappa shape index (κ3) is 18.7. The van der Waals surface area contributed by atoms with Crippen molar-refractivity contribution in [1.82, 2.24) is 76.8 Å². The van der Waals surface area contributed by atoms with E-state index in [4.69, 9.17) is 83.4 Å². The predicted molar refractivity (Wildman–Crippen MR) is 524 cm³/mol. The Kier molecular flexibility index (Phi) is 25.0. The summed E-state index contributed by atoms with van der Waals surface area (Å²) in [5, 5.41) is 37.5. The lowest BCUT2D eigenvalue weighted by Crippen LogP contribution is -2.15. The molecule has 0 aliphatic carbocycles. The van der Waals surface area contributed by atoms with Gasteiger partial charge >= 0.3 is 0 Å². The Morgan fingerprint density at radius 3 is 1.16 bits per heavy atom. The molecule has 0 amide bonds. The molecule has 5 aliphatic heterocycles. The molecule has 0 fully saturated rings. The van der Waals surface area contributed by atoms with E-state index in [1.807, 2.05) is 133 Å². The first-order valence-corrected chi connectivity index (χ1v) is 44.9. The van der Waals surface area contributed by atoms with Gasteiger partial charge in [-0.25, -0.2) is 39.3 Å². The van der Waals surface area contributed by atoms with Crippen LogP contribution < -0.4 is 83.4 Å². The van der Waals surface area contributed by atoms with Gasteiger partial charge in [-0.2, -0.15) is 4.39 Å². The van der Waals surface area contributed by atoms with Crippen molar-refractivity contribution in [3.8, 4) is 137 Å². The molecular formula is C103H84ClF2N21O14. The number of anilines is 10. The number of halogens is 3. The number of phenols is 2. The standard InChI is InChI=1S/C22H18ClN3O4.C22H20N4O2.C21H18N4O4.2C19H14FN5O2/c1-28-18-10-13(2-5-16(18)27)21-22(26-12-14(23)3-7-20(26)25-21)24-15-4-6-17-19(11-15)30-9-8-29-17;1-14-5-3-6-15(2)19(14)20-21(26-10-4-9-23-22(26)25-20)24-16-7-8-17-18(13-16)28-12-11-27-17;1-27-17-10-13(2-4-15(17)26)20-21(25-7-6-22-12-19(25)24-20)23-14-3-5-16-18(11-14)29-9-8-28-16;20-13-2-1-5-22-17(13)18-19(25-7-6-21-11-16(25)24-18)23-12-3-4-14-15(10-12)27-9-8-26-14;20-18-13(2-1-5-22-18)17-19(25-7-6-21-11-16(25)24-17)23-12-3-4-14-15(10-12)27-9-8-26-14/h2-7,10-12,24,27H,8-9H2,1H3;3-10,13,24H,11-12H2,1-2H3;2-7,10-12,23,26H,8-9H2,1H3;2*1-7,10-11,23H,8-9H2. The average molecular weight is 1910 g/mol. The lowest BCUT2D eigenvalue weighted by molar-refractivity contribution is 0.171. The quantitative estimate of drug-likeness (QED) is 0.0416. The summed E-state index contributed by atoms with van der Waals surface area (Å²) in [6, 6.07) is 56.6. The highest BCUT2D eigenvalue weighted by Gasteiger charge is 2.28. The number of rotatable bonds is 17. The summed E-state index contributed by atoms with van der Waals surface area (Å²) in [5.74, 6) is 11.1. The topological polar surface area (TPSA) is 375 Å². The van der Waals surface area contributed by atoms with Crippen LogP contribution in [0, 0.1) is 25.6 Å². The number of imidazole rings is 5. The van der Waals surface area contributed by atoms with E-state index in [1.54, 1.807) is 127 Å². The van der Waals surface area contributed by atoms with Gasteiger partial charge in [-0.05, 0) is 165 Å². The third-order valence-electron chi connectivity index (χ3n) is 22.9. The number of nitrogens with zero attached hydrogens (tertiary/aromatic N) is 16. The molecule has 706 valence electrons. The van der Waals surface area contributed by atoms with Gasteiger partial charge in [0, 0.05) is 144 Å². The second-order valence-corrected chi connectivity index (χ2v) is 32.4. The van der Waals surface area contributed by atoms with E-state index in [1.165, 1.54) is 43.8 Å². The summed E-state index contributed by atoms with van der Waals surface area (Å²) < 4.78 is 105. The van der Waals surface area contributed by atoms with Crippen LogP contribution in [-0.2, 0) is 0 Å². The number of hydrogen-bond donors (Lipinski definition) is 7. The molecule has 25 rings (SSSR count). The summed E-state index contributed by atoms with van der Waals surface area (Å²) in [6.45, 7) is 9.54. The van der Waals surface area contributed by atoms with Crippen LogP contribution >= 0.6 is 11.6 Å². The minimum atomic E-state index is -0.584. The van der Waals surface area contributed by atoms with Crippen molar-refractivity contribution < 1.29 is 75.8 Å². The molecule has 38 heteroatoms. The summed E-state index contributed by atoms with van der Waals surface area (Å²) >= 11 is 6.25. The molecule has 141 heavy (non-hydrogen) atoms. The number of nitrogens with one attached hydrogen (secondary N) is 5. The van der Waals surface area contributed by atoms with E-state index in [0.29, 0.717) is 180 Å². The van der Waals surface area contributed by atoms with Crippen LogP contribution in [0.1, 0.15) is 11.1 Å². The molecule has 8 aromatic carbocycles. The number of pyridine rings is 3. The van der Waals surface area contributed by atoms with Gasteiger partial charge in [0.1, 0.15) is 135 Å². The summed E-state index contributed by atoms with van der Waals surface area (Å²) in [7, 11) is 3.03. The Morgan fingerprint density at radius 2 is 0.716 bits per heavy atom. The first kappa shape index (κ1) is 89.1. The maximum atomic E-state index is 14.4. The van der Waals surface area contributed by atoms with Gasteiger partial charge in [-0.15, -0.1) is 0 Å². The van der Waals surface area contributed by atoms with E-state index >= 15 is 0 Å². The first-order chi connectivity index (χ1) is 69.1. The van der Waals surface area contributed by atoms with Crippen molar-refractivity contribution in [2.24, 2.45) is 0 Å². The molecule has 20 aromatic rings. The van der Waals surface area contributed by atoms with E-state index in [0.717, 1.165) is 96.9 Å². The maximum Gasteiger partial charge on any atom is 0.235 e. The van der Waals surface area contributed by atoms with Crippen molar-refractivity contribution in [3.63, 3.8) is 0 Å². The highest BCUT2D eigenvalue weighted by atomic mass is 35.5. The summed E-state index contributed by atoms with van der Waals surface area (Å²) in [5.41, 5.74) is 15.3. The Morgan fingerprint density at radius 1 is 0.333 bits per heavy atom. The molecule has 0 unspecified atom stereocenters. The van der Waals surface area contributed by atoms with Crippen molar-refractivity contribution in [1.29, 1.82) is 0 Å². The number of methoxy groups -OCH3 is 2. The number of aryl methyl sites for hydroxylation is 2. The third-order valence-corrected chi connectivity index (χ3v) is 23.1. The van der Waals surface area contributed by atoms with Crippen LogP contribution in [0.4, 0.5) is 66.3 Å². The molecule has 35 nitrogen and oxygen atoms in total. The van der Waals surface area contributed by atoms with Gasteiger partial charge in [0.05, 0.1) is 43.4 Å². The van der Waals surface area contributed by atoms with Crippen LogP contribution in [0.3, 0.4) is 0 Å². The fourth-order valence-electron chi connectivity index (χ4n) is 16.4. The minimum Gasteiger partial charge on any atom is -0.504 e. The van der Waals surface area contributed by atoms with Crippen molar-refractivity contribution in [3.05, 3.63) is 303 Å². The second-order valence-electron chi connectivity index (χ2n) is 32.0. The number of hydrogen-bond acceptors (Lipinski definition) is 30. The summed E-state index contributed by atoms with van der Waals surface area (Å²) in [4.78, 5) is 48.0. The van der Waals surface area contributed by atoms with Crippen LogP contribution in [-0.4, -0.2) is 167 Å². The Labute approximate surface area is 806 Å². The molecule has 0 atom stereocenters. The SMILES string of the molecule is COc1cc(-c2nc3ccc(Cl)cn3c2Nc2ccc3c(c2)OCCO3)ccc1O.COc1cc(-c2nc3cnccn3c2Nc2ccc3c(c2)OCCO3)ccc1O.Cc1cccc(C)c1-c1nc2ncccn2c1Nc1ccc2c(c1)OCCO2.Fc1cccnc1-c1nc2cnccn2c1Nc1ccc2c(c1)OCCO2.Fc1ncccc1-c1nc2cnccn2c1Nc1ccc2c(c1)OCCO2. The fraction of sp³-hybridized carbons (Fsp3) is 0.136. The van der Waals surface area contributed by atoms with Crippen molar-refractivity contribution >= 4 is 97.5 Å². The molecule has 0 saturated carbocycles. The van der Waals surface area contributed by atoms with Crippen LogP contribution in [0.2, 0.25) is 5.02 Å². The number of aromatic nitrogens is 16. The number of fused-ring (bicyclic) bond motifs is 10. The number of phenolic OH excluding ortho intramolecular Hbond substituents is 2. The van der Waals surface area contributed by atoms with Gasteiger partial charge < -0.3 is 93.6 Å². The van der Waals surface area contributed by atoms with Gasteiger partial charge in [-0.3, -0.25) is 41.9 Å². The van der Waals surface area contributed by atoms with Crippen molar-refractivity contribution in [2.75, 3.05) is 107 Å². The predicted octanol–water partition coefficient (Wildman–Crippen LogP) is 19.9. The fourth-order valence-corrected chi connectivity index (χ4v) is 16.6. The molecule has 0 saturated heterocycles. The largest absolute Gasteiger partial charge is 0.504 e. The smallest absolute Gasteiger partial charge is 0.235 e. The van der Waals surface area contributed by atoms with Gasteiger partial charge in [0.2, 0.25) is 11.7 Å².